The van der Waals surface area contributed by atoms with Gasteiger partial charge in [-0.2, -0.15) is 0 Å². The molecule has 1 aliphatic carbocycles. The molecule has 8 heteroatoms. The molecule has 1 fully saturated rings. The standard InChI is InChI=1S/C11H15F2N5O/c1-18(5-9(19)15-6-2-3-6)11-8(13)4-7(12)10(16-11)17-14/h4,6H,2-3,5,14H2,1H3,(H,15,19)(H,16,17). The van der Waals surface area contributed by atoms with Crippen LogP contribution < -0.4 is 21.5 Å². The van der Waals surface area contributed by atoms with Crippen molar-refractivity contribution < 1.29 is 13.6 Å². The van der Waals surface area contributed by atoms with Crippen molar-refractivity contribution in [3.63, 3.8) is 0 Å². The zero-order valence-electron chi connectivity index (χ0n) is 10.4. The van der Waals surface area contributed by atoms with E-state index in [4.69, 9.17) is 5.84 Å². The minimum Gasteiger partial charge on any atom is -0.352 e. The molecule has 1 amide bonds. The number of anilines is 2. The van der Waals surface area contributed by atoms with Crippen LogP contribution in [0.4, 0.5) is 20.4 Å². The molecular formula is C11H15F2N5O. The number of hydrogen-bond donors (Lipinski definition) is 3. The molecule has 0 radical (unpaired) electrons. The summed E-state index contributed by atoms with van der Waals surface area (Å²) in [6, 6.07) is 0.903. The number of amides is 1. The summed E-state index contributed by atoms with van der Waals surface area (Å²) >= 11 is 0. The number of nitrogens with zero attached hydrogens (tertiary/aromatic N) is 2. The molecule has 19 heavy (non-hydrogen) atoms. The van der Waals surface area contributed by atoms with Crippen molar-refractivity contribution in [1.29, 1.82) is 0 Å². The fourth-order valence-corrected chi connectivity index (χ4v) is 1.62. The summed E-state index contributed by atoms with van der Waals surface area (Å²) in [4.78, 5) is 16.6. The van der Waals surface area contributed by atoms with Gasteiger partial charge in [0.25, 0.3) is 0 Å². The van der Waals surface area contributed by atoms with Crippen LogP contribution in [0.15, 0.2) is 6.07 Å². The number of hydrogen-bond acceptors (Lipinski definition) is 5. The van der Waals surface area contributed by atoms with E-state index in [0.717, 1.165) is 12.8 Å². The second kappa shape index (κ2) is 5.35. The van der Waals surface area contributed by atoms with Crippen LogP contribution in [0.1, 0.15) is 12.8 Å². The fraction of sp³-hybridized carbons (Fsp3) is 0.455. The van der Waals surface area contributed by atoms with Crippen LogP contribution in [0.5, 0.6) is 0 Å². The first-order chi connectivity index (χ1) is 9.01. The molecule has 0 unspecified atom stereocenters. The Balaban J connectivity index is 2.08. The molecular weight excluding hydrogens is 256 g/mol. The maximum Gasteiger partial charge on any atom is 0.239 e. The molecule has 1 saturated carbocycles. The molecule has 0 atom stereocenters. The van der Waals surface area contributed by atoms with Crippen molar-refractivity contribution in [3.8, 4) is 0 Å². The van der Waals surface area contributed by atoms with Crippen molar-refractivity contribution in [3.05, 3.63) is 17.7 Å². The molecule has 2 rings (SSSR count). The summed E-state index contributed by atoms with van der Waals surface area (Å²) in [6.45, 7) is -0.0595. The second-order valence-electron chi connectivity index (χ2n) is 4.47. The Morgan fingerprint density at radius 3 is 2.79 bits per heavy atom. The SMILES string of the molecule is CN(CC(=O)NC1CC1)c1nc(NN)c(F)cc1F. The molecule has 104 valence electrons. The number of rotatable bonds is 5. The number of hydrazine groups is 1. The van der Waals surface area contributed by atoms with Crippen molar-refractivity contribution in [2.45, 2.75) is 18.9 Å². The van der Waals surface area contributed by atoms with Gasteiger partial charge in [-0.25, -0.2) is 19.6 Å². The molecule has 6 nitrogen and oxygen atoms in total. The summed E-state index contributed by atoms with van der Waals surface area (Å²) in [5.41, 5.74) is 2.03. The predicted molar refractivity (Wildman–Crippen MR) is 66.4 cm³/mol. The lowest BCUT2D eigenvalue weighted by atomic mass is 10.3. The maximum absolute atomic E-state index is 13.6. The van der Waals surface area contributed by atoms with Crippen LogP contribution >= 0.6 is 0 Å². The largest absolute Gasteiger partial charge is 0.352 e. The first kappa shape index (κ1) is 13.5. The Hall–Kier alpha value is -1.96. The zero-order chi connectivity index (χ0) is 14.0. The summed E-state index contributed by atoms with van der Waals surface area (Å²) in [5, 5.41) is 2.77. The third-order valence-electron chi connectivity index (χ3n) is 2.73. The molecule has 1 aliphatic rings. The Morgan fingerprint density at radius 1 is 1.53 bits per heavy atom. The van der Waals surface area contributed by atoms with E-state index in [2.05, 4.69) is 10.3 Å². The van der Waals surface area contributed by atoms with Gasteiger partial charge < -0.3 is 15.6 Å². The number of carbonyl (C=O) groups excluding carboxylic acids is 1. The summed E-state index contributed by atoms with van der Waals surface area (Å²) in [5.74, 6) is 2.70. The lowest BCUT2D eigenvalue weighted by Gasteiger charge is -2.19. The van der Waals surface area contributed by atoms with Gasteiger partial charge in [-0.3, -0.25) is 4.79 Å². The van der Waals surface area contributed by atoms with Gasteiger partial charge in [0, 0.05) is 19.2 Å². The van der Waals surface area contributed by atoms with E-state index >= 15 is 0 Å². The second-order valence-corrected chi connectivity index (χ2v) is 4.47. The van der Waals surface area contributed by atoms with Crippen LogP contribution in [0.25, 0.3) is 0 Å². The average Bonchev–Trinajstić information content (AvgIpc) is 3.12. The van der Waals surface area contributed by atoms with Crippen LogP contribution in [0.3, 0.4) is 0 Å². The van der Waals surface area contributed by atoms with Gasteiger partial charge in [0.05, 0.1) is 6.54 Å². The molecule has 0 saturated heterocycles. The normalized spacial score (nSPS) is 14.1. The van der Waals surface area contributed by atoms with Crippen LogP contribution in [0, 0.1) is 11.6 Å². The molecule has 0 aliphatic heterocycles. The fourth-order valence-electron chi connectivity index (χ4n) is 1.62. The minimum atomic E-state index is -0.889. The Morgan fingerprint density at radius 2 is 2.21 bits per heavy atom. The Kier molecular flexibility index (Phi) is 3.79. The minimum absolute atomic E-state index is 0.0595. The highest BCUT2D eigenvalue weighted by atomic mass is 19.1. The molecule has 1 aromatic rings. The third kappa shape index (κ3) is 3.28. The van der Waals surface area contributed by atoms with Gasteiger partial charge in [-0.05, 0) is 12.8 Å². The Labute approximate surface area is 108 Å². The quantitative estimate of drug-likeness (QED) is 0.532. The van der Waals surface area contributed by atoms with E-state index in [1.807, 2.05) is 5.43 Å². The van der Waals surface area contributed by atoms with E-state index in [1.165, 1.54) is 11.9 Å². The molecule has 1 heterocycles. The van der Waals surface area contributed by atoms with E-state index in [0.29, 0.717) is 6.07 Å². The van der Waals surface area contributed by atoms with E-state index in [9.17, 15) is 13.6 Å². The smallest absolute Gasteiger partial charge is 0.239 e. The average molecular weight is 271 g/mol. The van der Waals surface area contributed by atoms with Crippen molar-refractivity contribution >= 4 is 17.5 Å². The van der Waals surface area contributed by atoms with E-state index in [1.54, 1.807) is 0 Å². The third-order valence-corrected chi connectivity index (χ3v) is 2.73. The van der Waals surface area contributed by atoms with Crippen molar-refractivity contribution in [2.24, 2.45) is 5.84 Å². The monoisotopic (exact) mass is 271 g/mol. The summed E-state index contributed by atoms with van der Waals surface area (Å²) in [7, 11) is 1.50. The Bertz CT molecular complexity index is 492. The highest BCUT2D eigenvalue weighted by Gasteiger charge is 2.24. The van der Waals surface area contributed by atoms with Gasteiger partial charge in [0.1, 0.15) is 0 Å². The summed E-state index contributed by atoms with van der Waals surface area (Å²) < 4.78 is 26.8. The number of likely N-dealkylation sites (N-methyl/N-ethyl adjacent to an activating group) is 1. The highest BCUT2D eigenvalue weighted by molar-refractivity contribution is 5.81. The van der Waals surface area contributed by atoms with Gasteiger partial charge in [0.2, 0.25) is 5.91 Å². The van der Waals surface area contributed by atoms with Gasteiger partial charge >= 0.3 is 0 Å². The zero-order valence-corrected chi connectivity index (χ0v) is 10.4. The lowest BCUT2D eigenvalue weighted by Crippen LogP contribution is -2.37. The predicted octanol–water partition coefficient (Wildman–Crippen LogP) is 0.360. The highest BCUT2D eigenvalue weighted by Crippen LogP contribution is 2.21. The first-order valence-corrected chi connectivity index (χ1v) is 5.84. The molecule has 0 spiro atoms. The number of pyridine rings is 1. The topological polar surface area (TPSA) is 83.3 Å². The van der Waals surface area contributed by atoms with E-state index < -0.39 is 11.6 Å². The lowest BCUT2D eigenvalue weighted by molar-refractivity contribution is -0.119. The number of nitrogens with two attached hydrogens (primary N) is 1. The number of carbonyl (C=O) groups is 1. The number of nitrogen functional groups attached to an aromatic ring is 1. The molecule has 1 aromatic heterocycles. The van der Waals surface area contributed by atoms with Crippen LogP contribution in [0.2, 0.25) is 0 Å². The van der Waals surface area contributed by atoms with Crippen molar-refractivity contribution in [2.75, 3.05) is 23.9 Å². The van der Waals surface area contributed by atoms with E-state index in [-0.39, 0.29) is 30.1 Å². The number of nitrogens with one attached hydrogen (secondary N) is 2. The van der Waals surface area contributed by atoms with Crippen LogP contribution in [-0.4, -0.2) is 30.5 Å². The van der Waals surface area contributed by atoms with Crippen molar-refractivity contribution in [1.82, 2.24) is 10.3 Å². The number of aromatic nitrogens is 1. The molecule has 0 bridgehead atoms. The molecule has 4 N–H and O–H groups in total. The maximum atomic E-state index is 13.6. The van der Waals surface area contributed by atoms with Crippen LogP contribution in [-0.2, 0) is 4.79 Å². The summed E-state index contributed by atoms with van der Waals surface area (Å²) in [6.07, 6.45) is 1.94. The van der Waals surface area contributed by atoms with Gasteiger partial charge in [0.15, 0.2) is 23.3 Å². The first-order valence-electron chi connectivity index (χ1n) is 5.84. The molecule has 0 aromatic carbocycles. The van der Waals surface area contributed by atoms with Gasteiger partial charge in [-0.15, -0.1) is 0 Å². The number of halogens is 2. The van der Waals surface area contributed by atoms with Gasteiger partial charge in [-0.1, -0.05) is 0 Å².